The molecule has 1 heterocycles. The molecule has 1 saturated heterocycles. The predicted molar refractivity (Wildman–Crippen MR) is 21.0 cm³/mol. The first-order chi connectivity index (χ1) is 3.34. The Hall–Kier alpha value is -0.160. The van der Waals surface area contributed by atoms with Crippen LogP contribution >= 0.6 is 0 Å². The summed E-state index contributed by atoms with van der Waals surface area (Å²) in [5.74, 6) is 0. The first-order valence-corrected chi connectivity index (χ1v) is 2.03. The normalized spacial score (nSPS) is 24.9. The van der Waals surface area contributed by atoms with Gasteiger partial charge in [0.05, 0.1) is 12.6 Å². The van der Waals surface area contributed by atoms with E-state index in [0.717, 1.165) is 0 Å². The Morgan fingerprint density at radius 2 is 2.29 bits per heavy atom. The predicted octanol–water partition coefficient (Wildman–Crippen LogP) is -1.41. The summed E-state index contributed by atoms with van der Waals surface area (Å²) < 4.78 is 0. The second-order valence-corrected chi connectivity index (χ2v) is 1.41. The summed E-state index contributed by atoms with van der Waals surface area (Å²) >= 11 is 0. The van der Waals surface area contributed by atoms with Gasteiger partial charge in [-0.1, -0.05) is 0 Å². The highest BCUT2D eigenvalue weighted by Crippen LogP contribution is 2.13. The third-order valence-electron chi connectivity index (χ3n) is 0.768. The molecule has 0 radical (unpaired) electrons. The van der Waals surface area contributed by atoms with E-state index in [0.29, 0.717) is 0 Å². The van der Waals surface area contributed by atoms with Crippen molar-refractivity contribution in [1.29, 1.82) is 0 Å². The molecule has 1 fully saturated rings. The second kappa shape index (κ2) is 1.75. The Labute approximate surface area is 40.8 Å². The smallest absolute Gasteiger partial charge is 0.241 e. The van der Waals surface area contributed by atoms with Crippen LogP contribution in [0.15, 0.2) is 0 Å². The van der Waals surface area contributed by atoms with Crippen LogP contribution in [-0.2, 0) is 9.78 Å². The van der Waals surface area contributed by atoms with Gasteiger partial charge in [-0.05, 0) is 0 Å². The molecule has 0 saturated carbocycles. The van der Waals surface area contributed by atoms with Gasteiger partial charge >= 0.3 is 0 Å². The number of rotatable bonds is 2. The highest BCUT2D eigenvalue weighted by atomic mass is 17.4. The third kappa shape index (κ3) is 1.10. The van der Waals surface area contributed by atoms with Crippen LogP contribution in [0.5, 0.6) is 0 Å². The molecule has 0 unspecified atom stereocenters. The maximum Gasteiger partial charge on any atom is 0.241 e. The van der Waals surface area contributed by atoms with Gasteiger partial charge in [-0.15, -0.1) is 0 Å². The minimum absolute atomic E-state index is 0.0926. The summed E-state index contributed by atoms with van der Waals surface area (Å²) in [6.45, 7) is -0.0926. The minimum Gasteiger partial charge on any atom is -0.395 e. The summed E-state index contributed by atoms with van der Waals surface area (Å²) in [5, 5.41) is 8.26. The van der Waals surface area contributed by atoms with E-state index < -0.39 is 0 Å². The molecule has 0 aromatic heterocycles. The van der Waals surface area contributed by atoms with Gasteiger partial charge in [0, 0.05) is 0 Å². The highest BCUT2D eigenvalue weighted by Gasteiger charge is 2.32. The molecule has 0 spiro atoms. The largest absolute Gasteiger partial charge is 0.395 e. The Morgan fingerprint density at radius 1 is 1.71 bits per heavy atom. The third-order valence-corrected chi connectivity index (χ3v) is 0.768. The number of hydrogen-bond acceptors (Lipinski definition) is 4. The summed E-state index contributed by atoms with van der Waals surface area (Å²) in [6.07, 6.45) is -0.356. The topological polar surface area (TPSA) is 71.3 Å². The summed E-state index contributed by atoms with van der Waals surface area (Å²) in [5.41, 5.74) is 5.18. The molecular formula is C3H7NO3. The fourth-order valence-electron chi connectivity index (χ4n) is 0.261. The van der Waals surface area contributed by atoms with E-state index in [1.54, 1.807) is 0 Å². The average Bonchev–Trinajstić information content (AvgIpc) is 2.44. The zero-order valence-corrected chi connectivity index (χ0v) is 3.70. The fourth-order valence-corrected chi connectivity index (χ4v) is 0.261. The molecule has 0 aromatic carbocycles. The first kappa shape index (κ1) is 4.99. The molecule has 4 nitrogen and oxygen atoms in total. The van der Waals surface area contributed by atoms with Gasteiger partial charge in [-0.25, -0.2) is 0 Å². The molecule has 0 aromatic rings. The standard InChI is InChI=1S/C3H7NO3/c4-2(1-5)3-6-7-3/h2-3,5H,1,4H2/t2-/m0/s1. The van der Waals surface area contributed by atoms with E-state index >= 15 is 0 Å². The van der Waals surface area contributed by atoms with Crippen LogP contribution in [0.4, 0.5) is 0 Å². The molecule has 3 N–H and O–H groups in total. The van der Waals surface area contributed by atoms with Gasteiger partial charge < -0.3 is 10.8 Å². The van der Waals surface area contributed by atoms with Crippen molar-refractivity contribution in [2.24, 2.45) is 5.73 Å². The van der Waals surface area contributed by atoms with E-state index in [-0.39, 0.29) is 18.9 Å². The summed E-state index contributed by atoms with van der Waals surface area (Å²) in [6, 6.07) is -0.375. The lowest BCUT2D eigenvalue weighted by Crippen LogP contribution is -2.29. The lowest BCUT2D eigenvalue weighted by atomic mass is 10.3. The number of aliphatic hydroxyl groups excluding tert-OH is 1. The van der Waals surface area contributed by atoms with Crippen LogP contribution in [0.1, 0.15) is 0 Å². The van der Waals surface area contributed by atoms with Crippen LogP contribution in [0.2, 0.25) is 0 Å². The van der Waals surface area contributed by atoms with Gasteiger partial charge in [-0.2, -0.15) is 9.78 Å². The van der Waals surface area contributed by atoms with E-state index in [9.17, 15) is 0 Å². The van der Waals surface area contributed by atoms with E-state index in [4.69, 9.17) is 10.8 Å². The second-order valence-electron chi connectivity index (χ2n) is 1.41. The molecule has 1 aliphatic heterocycles. The molecule has 1 rings (SSSR count). The summed E-state index contributed by atoms with van der Waals surface area (Å²) in [4.78, 5) is 8.55. The lowest BCUT2D eigenvalue weighted by Gasteiger charge is -1.95. The van der Waals surface area contributed by atoms with Crippen molar-refractivity contribution in [3.63, 3.8) is 0 Å². The van der Waals surface area contributed by atoms with Crippen molar-refractivity contribution in [2.45, 2.75) is 12.3 Å². The Kier molecular flexibility index (Phi) is 1.25. The fraction of sp³-hybridized carbons (Fsp3) is 1.00. The van der Waals surface area contributed by atoms with E-state index in [1.165, 1.54) is 0 Å². The van der Waals surface area contributed by atoms with Crippen LogP contribution in [0, 0.1) is 0 Å². The van der Waals surface area contributed by atoms with Crippen LogP contribution in [0.3, 0.4) is 0 Å². The van der Waals surface area contributed by atoms with Gasteiger partial charge in [0.1, 0.15) is 0 Å². The molecule has 0 amide bonds. The van der Waals surface area contributed by atoms with E-state index in [1.807, 2.05) is 0 Å². The molecule has 7 heavy (non-hydrogen) atoms. The minimum atomic E-state index is -0.375. The van der Waals surface area contributed by atoms with E-state index in [2.05, 4.69) is 9.78 Å². The van der Waals surface area contributed by atoms with Crippen molar-refractivity contribution >= 4 is 0 Å². The lowest BCUT2D eigenvalue weighted by molar-refractivity contribution is 0.0850. The maximum atomic E-state index is 8.26. The van der Waals surface area contributed by atoms with Gasteiger partial charge in [0.25, 0.3) is 0 Å². The molecule has 4 heteroatoms. The Morgan fingerprint density at radius 3 is 2.43 bits per heavy atom. The van der Waals surface area contributed by atoms with Crippen LogP contribution in [-0.4, -0.2) is 24.0 Å². The highest BCUT2D eigenvalue weighted by molar-refractivity contribution is 4.65. The SMILES string of the molecule is N[C@@H](CO)C1OO1. The van der Waals surface area contributed by atoms with Gasteiger partial charge in [0.2, 0.25) is 6.29 Å². The quantitative estimate of drug-likeness (QED) is 0.334. The average molecular weight is 105 g/mol. The number of hydrogen-bond donors (Lipinski definition) is 2. The number of aliphatic hydroxyl groups is 1. The van der Waals surface area contributed by atoms with Gasteiger partial charge in [-0.3, -0.25) is 0 Å². The van der Waals surface area contributed by atoms with Gasteiger partial charge in [0.15, 0.2) is 0 Å². The molecular weight excluding hydrogens is 98.0 g/mol. The molecule has 0 aliphatic carbocycles. The zero-order valence-electron chi connectivity index (χ0n) is 3.70. The molecule has 0 bridgehead atoms. The first-order valence-electron chi connectivity index (χ1n) is 2.03. The summed E-state index contributed by atoms with van der Waals surface area (Å²) in [7, 11) is 0. The van der Waals surface area contributed by atoms with Crippen molar-refractivity contribution in [3.05, 3.63) is 0 Å². The Balaban J connectivity index is 2.10. The van der Waals surface area contributed by atoms with Crippen molar-refractivity contribution in [3.8, 4) is 0 Å². The van der Waals surface area contributed by atoms with Crippen molar-refractivity contribution < 1.29 is 14.9 Å². The maximum absolute atomic E-state index is 8.26. The number of nitrogens with two attached hydrogens (primary N) is 1. The van der Waals surface area contributed by atoms with Crippen LogP contribution < -0.4 is 5.73 Å². The molecule has 1 atom stereocenters. The monoisotopic (exact) mass is 105 g/mol. The molecule has 42 valence electrons. The zero-order chi connectivity index (χ0) is 5.28. The Bertz CT molecular complexity index is 63.2. The molecule has 1 aliphatic rings. The van der Waals surface area contributed by atoms with Crippen molar-refractivity contribution in [2.75, 3.05) is 6.61 Å². The van der Waals surface area contributed by atoms with Crippen LogP contribution in [0.25, 0.3) is 0 Å². The van der Waals surface area contributed by atoms with Crippen molar-refractivity contribution in [1.82, 2.24) is 0 Å².